The Bertz CT molecular complexity index is 1670. The number of rotatable bonds is 54. The summed E-state index contributed by atoms with van der Waals surface area (Å²) in [6.07, 6.45) is 64.4. The Kier molecular flexibility index (Phi) is 52.3. The number of amides is 1. The van der Waals surface area contributed by atoms with Gasteiger partial charge in [-0.1, -0.05) is 253 Å². The first-order valence-electron chi connectivity index (χ1n) is 32.5. The maximum absolute atomic E-state index is 13.4. The van der Waals surface area contributed by atoms with Crippen LogP contribution in [0.15, 0.2) is 97.2 Å². The summed E-state index contributed by atoms with van der Waals surface area (Å²) >= 11 is 0. The average Bonchev–Trinajstić information content (AvgIpc) is 3.48. The Morgan fingerprint density at radius 3 is 1.36 bits per heavy atom. The highest BCUT2D eigenvalue weighted by Crippen LogP contribution is 2.26. The predicted octanol–water partition coefficient (Wildman–Crippen LogP) is 15.9. The third-order valence-corrected chi connectivity index (χ3v) is 14.7. The highest BCUT2D eigenvalue weighted by Gasteiger charge is 2.47. The summed E-state index contributed by atoms with van der Waals surface area (Å²) in [6, 6.07) is -1.04. The Morgan fingerprint density at radius 2 is 0.900 bits per heavy atom. The van der Waals surface area contributed by atoms with Crippen molar-refractivity contribution < 1.29 is 49.3 Å². The van der Waals surface area contributed by atoms with E-state index in [1.807, 2.05) is 6.08 Å². The van der Waals surface area contributed by atoms with Gasteiger partial charge < -0.3 is 45.1 Å². The lowest BCUT2D eigenvalue weighted by atomic mass is 9.99. The van der Waals surface area contributed by atoms with Gasteiger partial charge >= 0.3 is 5.97 Å². The van der Waals surface area contributed by atoms with Crippen LogP contribution in [0, 0.1) is 0 Å². The van der Waals surface area contributed by atoms with Gasteiger partial charge in [0.25, 0.3) is 0 Å². The molecular formula is C69H119NO10. The molecular weight excluding hydrogens is 1000 g/mol. The molecule has 0 aromatic heterocycles. The summed E-state index contributed by atoms with van der Waals surface area (Å²) in [5.74, 6) is -1.23. The molecule has 0 radical (unpaired) electrons. The van der Waals surface area contributed by atoms with Crippen LogP contribution >= 0.6 is 0 Å². The van der Waals surface area contributed by atoms with Crippen molar-refractivity contribution in [3.63, 3.8) is 0 Å². The van der Waals surface area contributed by atoms with E-state index in [1.54, 1.807) is 6.08 Å². The van der Waals surface area contributed by atoms with Crippen molar-refractivity contribution in [1.82, 2.24) is 5.32 Å². The molecule has 0 saturated carbocycles. The molecule has 1 amide bonds. The zero-order chi connectivity index (χ0) is 58.2. The van der Waals surface area contributed by atoms with E-state index in [1.165, 1.54) is 103 Å². The van der Waals surface area contributed by atoms with Gasteiger partial charge in [-0.05, 0) is 103 Å². The van der Waals surface area contributed by atoms with E-state index in [4.69, 9.17) is 14.2 Å². The van der Waals surface area contributed by atoms with Crippen molar-refractivity contribution in [1.29, 1.82) is 0 Å². The van der Waals surface area contributed by atoms with Crippen molar-refractivity contribution in [3.8, 4) is 0 Å². The van der Waals surface area contributed by atoms with Gasteiger partial charge in [-0.3, -0.25) is 9.59 Å². The highest BCUT2D eigenvalue weighted by molar-refractivity contribution is 5.80. The highest BCUT2D eigenvalue weighted by atomic mass is 16.7. The minimum Gasteiger partial charge on any atom is -0.454 e. The zero-order valence-electron chi connectivity index (χ0n) is 50.9. The molecule has 11 heteroatoms. The van der Waals surface area contributed by atoms with Crippen molar-refractivity contribution in [2.24, 2.45) is 0 Å². The van der Waals surface area contributed by atoms with Crippen molar-refractivity contribution in [2.45, 2.75) is 314 Å². The second-order valence-corrected chi connectivity index (χ2v) is 22.1. The zero-order valence-corrected chi connectivity index (χ0v) is 50.9. The molecule has 0 aromatic rings. The molecule has 1 fully saturated rings. The number of unbranched alkanes of at least 4 members (excludes halogenated alkanes) is 26. The first kappa shape index (κ1) is 74.6. The summed E-state index contributed by atoms with van der Waals surface area (Å²) in [6.45, 7) is 5.66. The maximum atomic E-state index is 13.4. The van der Waals surface area contributed by atoms with Crippen LogP contribution in [0.25, 0.3) is 0 Å². The molecule has 80 heavy (non-hydrogen) atoms. The SMILES string of the molecule is CC/C=C\C/C=C\C/C=C\C/C=C\C/C=C\C/C=C\CCCCCCC(=O)OC1C(OCC(NC(=O)C(O)CCCCCCCC/C=C/CCCCCCCC)C(O)/C=C/CCCCCCCCCCCC)OC(CO)C(O)C1O. The van der Waals surface area contributed by atoms with Crippen LogP contribution in [0.1, 0.15) is 265 Å². The third kappa shape index (κ3) is 43.3. The number of nitrogens with one attached hydrogen (secondary N) is 1. The number of ether oxygens (including phenoxy) is 3. The Labute approximate surface area is 488 Å². The minimum absolute atomic E-state index is 0.0888. The number of aliphatic hydroxyl groups is 5. The van der Waals surface area contributed by atoms with Crippen LogP contribution in [0.5, 0.6) is 0 Å². The summed E-state index contributed by atoms with van der Waals surface area (Å²) in [5.41, 5.74) is 0. The molecule has 1 aliphatic rings. The quantitative estimate of drug-likeness (QED) is 0.0195. The van der Waals surface area contributed by atoms with Gasteiger partial charge in [0, 0.05) is 6.42 Å². The molecule has 1 rings (SSSR count). The smallest absolute Gasteiger partial charge is 0.306 e. The summed E-state index contributed by atoms with van der Waals surface area (Å²) in [5, 5.41) is 57.0. The number of hydrogen-bond donors (Lipinski definition) is 6. The van der Waals surface area contributed by atoms with Gasteiger partial charge in [-0.25, -0.2) is 0 Å². The summed E-state index contributed by atoms with van der Waals surface area (Å²) < 4.78 is 17.6. The number of aliphatic hydroxyl groups excluding tert-OH is 5. The molecule has 460 valence electrons. The normalized spacial score (nSPS) is 19.4. The Morgan fingerprint density at radius 1 is 0.500 bits per heavy atom. The number of carbonyl (C=O) groups excluding carboxylic acids is 2. The summed E-state index contributed by atoms with van der Waals surface area (Å²) in [4.78, 5) is 26.6. The maximum Gasteiger partial charge on any atom is 0.306 e. The van der Waals surface area contributed by atoms with Crippen molar-refractivity contribution in [3.05, 3.63) is 97.2 Å². The van der Waals surface area contributed by atoms with E-state index in [-0.39, 0.29) is 19.4 Å². The molecule has 0 bridgehead atoms. The molecule has 0 aromatic carbocycles. The largest absolute Gasteiger partial charge is 0.454 e. The molecule has 8 unspecified atom stereocenters. The second kappa shape index (κ2) is 56.1. The standard InChI is InChI=1S/C69H119NO10/c1-4-7-10-13-16-19-22-25-27-29-30-31-32-33-34-35-37-39-42-45-48-51-54-57-64(74)80-67-66(76)65(75)63(58-71)79-69(67)78-59-60(61(72)55-52-49-46-43-40-24-21-18-15-12-9-6-3)70-68(77)62(73)56-53-50-47-44-41-38-36-28-26-23-20-17-14-11-8-5-2/h7,10,16,19,25-28,30-31,33-34,37,39,52,55,60-63,65-67,69,71-73,75-76H,4-6,8-9,11-15,17-18,20-24,29,32,35-36,38,40-51,53-54,56-59H2,1-3H3,(H,70,77)/b10-7-,19-16-,27-25-,28-26+,31-30-,34-33-,39-37-,55-52+. The Hall–Kier alpha value is -3.42. The molecule has 6 N–H and O–H groups in total. The van der Waals surface area contributed by atoms with E-state index >= 15 is 0 Å². The minimum atomic E-state index is -1.63. The monoisotopic (exact) mass is 1120 g/mol. The molecule has 1 saturated heterocycles. The molecule has 0 spiro atoms. The van der Waals surface area contributed by atoms with Gasteiger partial charge in [-0.15, -0.1) is 0 Å². The second-order valence-electron chi connectivity index (χ2n) is 22.1. The fourth-order valence-electron chi connectivity index (χ4n) is 9.59. The lowest BCUT2D eigenvalue weighted by Gasteiger charge is -2.41. The van der Waals surface area contributed by atoms with Crippen molar-refractivity contribution in [2.75, 3.05) is 13.2 Å². The van der Waals surface area contributed by atoms with Gasteiger partial charge in [0.15, 0.2) is 12.4 Å². The number of hydrogen-bond acceptors (Lipinski definition) is 10. The molecule has 11 nitrogen and oxygen atoms in total. The van der Waals surface area contributed by atoms with Crippen LogP contribution in [-0.2, 0) is 23.8 Å². The predicted molar refractivity (Wildman–Crippen MR) is 333 cm³/mol. The molecule has 8 atom stereocenters. The summed E-state index contributed by atoms with van der Waals surface area (Å²) in [7, 11) is 0. The van der Waals surface area contributed by atoms with Crippen LogP contribution in [-0.4, -0.2) is 99.6 Å². The Balaban J connectivity index is 2.67. The van der Waals surface area contributed by atoms with Gasteiger partial charge in [0.05, 0.1) is 25.4 Å². The number of allylic oxidation sites excluding steroid dienone is 15. The lowest BCUT2D eigenvalue weighted by Crippen LogP contribution is -2.61. The fraction of sp³-hybridized carbons (Fsp3) is 0.739. The van der Waals surface area contributed by atoms with E-state index in [0.717, 1.165) is 116 Å². The van der Waals surface area contributed by atoms with E-state index < -0.39 is 67.4 Å². The van der Waals surface area contributed by atoms with Gasteiger partial charge in [0.1, 0.15) is 24.4 Å². The number of carbonyl (C=O) groups is 2. The molecule has 1 heterocycles. The third-order valence-electron chi connectivity index (χ3n) is 14.7. The van der Waals surface area contributed by atoms with Crippen LogP contribution in [0.3, 0.4) is 0 Å². The average molecular weight is 1120 g/mol. The van der Waals surface area contributed by atoms with Crippen LogP contribution in [0.2, 0.25) is 0 Å². The number of esters is 1. The molecule has 0 aliphatic carbocycles. The van der Waals surface area contributed by atoms with Crippen LogP contribution < -0.4 is 5.32 Å². The van der Waals surface area contributed by atoms with Crippen molar-refractivity contribution >= 4 is 11.9 Å². The van der Waals surface area contributed by atoms with E-state index in [9.17, 15) is 35.1 Å². The first-order chi connectivity index (χ1) is 39.2. The van der Waals surface area contributed by atoms with Gasteiger partial charge in [-0.2, -0.15) is 0 Å². The first-order valence-corrected chi connectivity index (χ1v) is 32.5. The molecule has 1 aliphatic heterocycles. The lowest BCUT2D eigenvalue weighted by molar-refractivity contribution is -0.305. The van der Waals surface area contributed by atoms with Gasteiger partial charge in [0.2, 0.25) is 5.91 Å². The van der Waals surface area contributed by atoms with E-state index in [2.05, 4.69) is 111 Å². The fourth-order valence-corrected chi connectivity index (χ4v) is 9.59. The topological polar surface area (TPSA) is 175 Å². The van der Waals surface area contributed by atoms with E-state index in [0.29, 0.717) is 12.8 Å². The van der Waals surface area contributed by atoms with Crippen LogP contribution in [0.4, 0.5) is 0 Å².